The lowest BCUT2D eigenvalue weighted by molar-refractivity contribution is 0.0922. The van der Waals surface area contributed by atoms with Gasteiger partial charge in [0.05, 0.1) is 0 Å². The molecule has 20 heavy (non-hydrogen) atoms. The quantitative estimate of drug-likeness (QED) is 0.918. The van der Waals surface area contributed by atoms with Crippen LogP contribution in [0.5, 0.6) is 0 Å². The van der Waals surface area contributed by atoms with Crippen molar-refractivity contribution in [2.45, 2.75) is 32.7 Å². The first-order chi connectivity index (χ1) is 9.56. The van der Waals surface area contributed by atoms with Crippen LogP contribution >= 0.6 is 0 Å². The molecule has 1 atom stereocenters. The number of benzene rings is 1. The van der Waals surface area contributed by atoms with Crippen LogP contribution in [0, 0.1) is 11.7 Å². The highest BCUT2D eigenvalue weighted by Gasteiger charge is 2.22. The smallest absolute Gasteiger partial charge is 0.251 e. The second-order valence-electron chi connectivity index (χ2n) is 5.81. The second kappa shape index (κ2) is 6.84. The Labute approximate surface area is 120 Å². The van der Waals surface area contributed by atoms with Crippen LogP contribution < -0.4 is 5.32 Å². The molecule has 1 aliphatic heterocycles. The van der Waals surface area contributed by atoms with Crippen LogP contribution in [0.1, 0.15) is 37.0 Å². The fourth-order valence-corrected chi connectivity index (χ4v) is 2.67. The molecule has 2 rings (SSSR count). The van der Waals surface area contributed by atoms with Crippen LogP contribution in [-0.4, -0.2) is 36.5 Å². The third-order valence-electron chi connectivity index (χ3n) is 3.94. The highest BCUT2D eigenvalue weighted by atomic mass is 19.1. The number of nitrogens with one attached hydrogen (secondary N) is 1. The van der Waals surface area contributed by atoms with E-state index in [1.54, 1.807) is 0 Å². The molecule has 0 aromatic heterocycles. The van der Waals surface area contributed by atoms with Gasteiger partial charge in [0.1, 0.15) is 5.82 Å². The van der Waals surface area contributed by atoms with Gasteiger partial charge in [-0.25, -0.2) is 4.39 Å². The van der Waals surface area contributed by atoms with Crippen molar-refractivity contribution in [2.75, 3.05) is 19.6 Å². The first kappa shape index (κ1) is 15.0. The van der Waals surface area contributed by atoms with Gasteiger partial charge in [-0.2, -0.15) is 0 Å². The Morgan fingerprint density at radius 2 is 2.10 bits per heavy atom. The standard InChI is InChI=1S/C16H23FN2O/c1-12(2)19-9-3-4-13(11-19)10-18-16(20)14-5-7-15(17)8-6-14/h5-8,12-13H,3-4,9-11H2,1-2H3,(H,18,20). The number of piperidine rings is 1. The molecule has 0 saturated carbocycles. The van der Waals surface area contributed by atoms with Crippen LogP contribution in [0.4, 0.5) is 4.39 Å². The van der Waals surface area contributed by atoms with E-state index in [2.05, 4.69) is 24.1 Å². The molecule has 1 unspecified atom stereocenters. The number of carbonyl (C=O) groups is 1. The number of likely N-dealkylation sites (tertiary alicyclic amines) is 1. The van der Waals surface area contributed by atoms with Gasteiger partial charge in [-0.05, 0) is 63.4 Å². The Morgan fingerprint density at radius 1 is 1.40 bits per heavy atom. The average molecular weight is 278 g/mol. The molecule has 1 aromatic rings. The topological polar surface area (TPSA) is 32.3 Å². The van der Waals surface area contributed by atoms with E-state index >= 15 is 0 Å². The summed E-state index contributed by atoms with van der Waals surface area (Å²) < 4.78 is 12.8. The van der Waals surface area contributed by atoms with E-state index in [0.717, 1.165) is 19.5 Å². The number of halogens is 1. The van der Waals surface area contributed by atoms with Crippen molar-refractivity contribution in [3.05, 3.63) is 35.6 Å². The van der Waals surface area contributed by atoms with E-state index in [9.17, 15) is 9.18 Å². The molecule has 1 saturated heterocycles. The van der Waals surface area contributed by atoms with Crippen molar-refractivity contribution in [3.8, 4) is 0 Å². The molecule has 1 aromatic carbocycles. The van der Waals surface area contributed by atoms with Gasteiger partial charge in [-0.1, -0.05) is 0 Å². The number of nitrogens with zero attached hydrogens (tertiary/aromatic N) is 1. The second-order valence-corrected chi connectivity index (χ2v) is 5.81. The van der Waals surface area contributed by atoms with Gasteiger partial charge in [0.25, 0.3) is 5.91 Å². The molecule has 0 aliphatic carbocycles. The number of hydrogen-bond acceptors (Lipinski definition) is 2. The predicted molar refractivity (Wildman–Crippen MR) is 78.2 cm³/mol. The summed E-state index contributed by atoms with van der Waals surface area (Å²) in [5.41, 5.74) is 0.517. The van der Waals surface area contributed by atoms with Gasteiger partial charge >= 0.3 is 0 Å². The number of rotatable bonds is 4. The van der Waals surface area contributed by atoms with E-state index in [4.69, 9.17) is 0 Å². The van der Waals surface area contributed by atoms with Gasteiger partial charge in [0.2, 0.25) is 0 Å². The fourth-order valence-electron chi connectivity index (χ4n) is 2.67. The largest absolute Gasteiger partial charge is 0.352 e. The molecule has 110 valence electrons. The summed E-state index contributed by atoms with van der Waals surface area (Å²) in [6.07, 6.45) is 2.35. The van der Waals surface area contributed by atoms with Crippen LogP contribution in [0.2, 0.25) is 0 Å². The molecule has 4 heteroatoms. The third-order valence-corrected chi connectivity index (χ3v) is 3.94. The Morgan fingerprint density at radius 3 is 2.75 bits per heavy atom. The number of amides is 1. The summed E-state index contributed by atoms with van der Waals surface area (Å²) in [5.74, 6) is 0.0728. The maximum atomic E-state index is 12.8. The van der Waals surface area contributed by atoms with Crippen molar-refractivity contribution in [2.24, 2.45) is 5.92 Å². The third kappa shape index (κ3) is 4.04. The summed E-state index contributed by atoms with van der Waals surface area (Å²) in [4.78, 5) is 14.4. The maximum absolute atomic E-state index is 12.8. The normalized spacial score (nSPS) is 20.1. The number of carbonyl (C=O) groups excluding carboxylic acids is 1. The van der Waals surface area contributed by atoms with Gasteiger partial charge in [-0.3, -0.25) is 4.79 Å². The lowest BCUT2D eigenvalue weighted by Gasteiger charge is -2.35. The molecule has 0 spiro atoms. The van der Waals surface area contributed by atoms with Crippen LogP contribution in [0.25, 0.3) is 0 Å². The molecule has 1 amide bonds. The maximum Gasteiger partial charge on any atom is 0.251 e. The first-order valence-corrected chi connectivity index (χ1v) is 7.34. The molecular formula is C16H23FN2O. The van der Waals surface area contributed by atoms with E-state index in [1.807, 2.05) is 0 Å². The average Bonchev–Trinajstić information content (AvgIpc) is 2.46. The Balaban J connectivity index is 1.82. The minimum Gasteiger partial charge on any atom is -0.352 e. The Hall–Kier alpha value is -1.42. The van der Waals surface area contributed by atoms with Gasteiger partial charge < -0.3 is 10.2 Å². The molecule has 1 N–H and O–H groups in total. The van der Waals surface area contributed by atoms with Crippen LogP contribution in [0.3, 0.4) is 0 Å². The molecule has 0 bridgehead atoms. The van der Waals surface area contributed by atoms with Gasteiger partial charge in [0, 0.05) is 24.7 Å². The molecular weight excluding hydrogens is 255 g/mol. The lowest BCUT2D eigenvalue weighted by Crippen LogP contribution is -2.43. The van der Waals surface area contributed by atoms with Gasteiger partial charge in [-0.15, -0.1) is 0 Å². The zero-order chi connectivity index (χ0) is 14.5. The van der Waals surface area contributed by atoms with Crippen LogP contribution in [-0.2, 0) is 0 Å². The monoisotopic (exact) mass is 278 g/mol. The molecule has 1 heterocycles. The highest BCUT2D eigenvalue weighted by Crippen LogP contribution is 2.17. The van der Waals surface area contributed by atoms with Crippen molar-refractivity contribution < 1.29 is 9.18 Å². The molecule has 3 nitrogen and oxygen atoms in total. The highest BCUT2D eigenvalue weighted by molar-refractivity contribution is 5.94. The summed E-state index contributed by atoms with van der Waals surface area (Å²) in [5, 5.41) is 2.96. The van der Waals surface area contributed by atoms with Crippen molar-refractivity contribution in [1.29, 1.82) is 0 Å². The zero-order valence-corrected chi connectivity index (χ0v) is 12.2. The Kier molecular flexibility index (Phi) is 5.12. The van der Waals surface area contributed by atoms with E-state index in [-0.39, 0.29) is 11.7 Å². The fraction of sp³-hybridized carbons (Fsp3) is 0.562. The van der Waals surface area contributed by atoms with Crippen molar-refractivity contribution in [1.82, 2.24) is 10.2 Å². The minimum atomic E-state index is -0.318. The zero-order valence-electron chi connectivity index (χ0n) is 12.2. The number of hydrogen-bond donors (Lipinski definition) is 1. The van der Waals surface area contributed by atoms with Crippen LogP contribution in [0.15, 0.2) is 24.3 Å². The van der Waals surface area contributed by atoms with Crippen molar-refractivity contribution >= 4 is 5.91 Å². The minimum absolute atomic E-state index is 0.119. The van der Waals surface area contributed by atoms with E-state index in [0.29, 0.717) is 24.1 Å². The van der Waals surface area contributed by atoms with E-state index < -0.39 is 0 Å². The summed E-state index contributed by atoms with van der Waals surface area (Å²) in [6, 6.07) is 6.23. The summed E-state index contributed by atoms with van der Waals surface area (Å²) in [6.45, 7) is 7.31. The lowest BCUT2D eigenvalue weighted by atomic mass is 9.97. The SMILES string of the molecule is CC(C)N1CCCC(CNC(=O)c2ccc(F)cc2)C1. The van der Waals surface area contributed by atoms with Gasteiger partial charge in [0.15, 0.2) is 0 Å². The summed E-state index contributed by atoms with van der Waals surface area (Å²) in [7, 11) is 0. The molecule has 1 aliphatic rings. The van der Waals surface area contributed by atoms with E-state index in [1.165, 1.54) is 30.7 Å². The molecule has 0 radical (unpaired) electrons. The molecule has 1 fully saturated rings. The van der Waals surface area contributed by atoms with Crippen molar-refractivity contribution in [3.63, 3.8) is 0 Å². The Bertz CT molecular complexity index is 444. The first-order valence-electron chi connectivity index (χ1n) is 7.34. The predicted octanol–water partition coefficient (Wildman–Crippen LogP) is 2.68. The summed E-state index contributed by atoms with van der Waals surface area (Å²) >= 11 is 0.